The van der Waals surface area contributed by atoms with Crippen LogP contribution in [0.3, 0.4) is 0 Å². The largest absolute Gasteiger partial charge is 0.495 e. The van der Waals surface area contributed by atoms with Crippen LogP contribution in [0.1, 0.15) is 11.1 Å². The lowest BCUT2D eigenvalue weighted by Crippen LogP contribution is -2.26. The van der Waals surface area contributed by atoms with E-state index in [2.05, 4.69) is 4.74 Å². The zero-order valence-corrected chi connectivity index (χ0v) is 11.2. The van der Waals surface area contributed by atoms with Crippen molar-refractivity contribution in [3.8, 4) is 5.75 Å². The van der Waals surface area contributed by atoms with Gasteiger partial charge < -0.3 is 14.4 Å². The first-order valence-electron chi connectivity index (χ1n) is 5.11. The lowest BCUT2D eigenvalue weighted by Gasteiger charge is -2.17. The van der Waals surface area contributed by atoms with Crippen LogP contribution in [0.2, 0.25) is 5.02 Å². The van der Waals surface area contributed by atoms with Crippen molar-refractivity contribution in [2.75, 3.05) is 21.3 Å². The minimum atomic E-state index is -0.378. The van der Waals surface area contributed by atoms with Gasteiger partial charge in [-0.2, -0.15) is 0 Å². The SMILES string of the molecule is COC(=O)N(C)Cc1cc(Cl)c(OC)cc1C. The molecule has 0 aliphatic heterocycles. The number of hydrogen-bond donors (Lipinski definition) is 0. The Balaban J connectivity index is 2.92. The minimum Gasteiger partial charge on any atom is -0.495 e. The molecule has 17 heavy (non-hydrogen) atoms. The second-order valence-electron chi connectivity index (χ2n) is 3.74. The second-order valence-corrected chi connectivity index (χ2v) is 4.15. The minimum absolute atomic E-state index is 0.378. The van der Waals surface area contributed by atoms with Gasteiger partial charge in [0.05, 0.1) is 19.2 Å². The van der Waals surface area contributed by atoms with Gasteiger partial charge in [-0.05, 0) is 30.2 Å². The van der Waals surface area contributed by atoms with Crippen molar-refractivity contribution in [2.45, 2.75) is 13.5 Å². The average molecular weight is 258 g/mol. The third-order valence-corrected chi connectivity index (χ3v) is 2.80. The molecule has 1 aromatic carbocycles. The maximum atomic E-state index is 11.3. The van der Waals surface area contributed by atoms with Gasteiger partial charge in [0.1, 0.15) is 5.75 Å². The summed E-state index contributed by atoms with van der Waals surface area (Å²) in [4.78, 5) is 12.8. The van der Waals surface area contributed by atoms with Crippen LogP contribution >= 0.6 is 11.6 Å². The van der Waals surface area contributed by atoms with E-state index in [4.69, 9.17) is 16.3 Å². The van der Waals surface area contributed by atoms with Crippen LogP contribution in [0.5, 0.6) is 5.75 Å². The molecular weight excluding hydrogens is 242 g/mol. The highest BCUT2D eigenvalue weighted by molar-refractivity contribution is 6.32. The van der Waals surface area contributed by atoms with Crippen LogP contribution in [0, 0.1) is 6.92 Å². The van der Waals surface area contributed by atoms with E-state index >= 15 is 0 Å². The van der Waals surface area contributed by atoms with E-state index in [-0.39, 0.29) is 6.09 Å². The highest BCUT2D eigenvalue weighted by atomic mass is 35.5. The molecule has 0 bridgehead atoms. The van der Waals surface area contributed by atoms with E-state index in [1.54, 1.807) is 20.2 Å². The normalized spacial score (nSPS) is 9.94. The van der Waals surface area contributed by atoms with Gasteiger partial charge in [0.15, 0.2) is 0 Å². The molecule has 1 rings (SSSR count). The summed E-state index contributed by atoms with van der Waals surface area (Å²) < 4.78 is 9.75. The summed E-state index contributed by atoms with van der Waals surface area (Å²) in [6, 6.07) is 3.65. The fourth-order valence-corrected chi connectivity index (χ4v) is 1.76. The molecule has 0 saturated heterocycles. The fraction of sp³-hybridized carbons (Fsp3) is 0.417. The van der Waals surface area contributed by atoms with Crippen molar-refractivity contribution < 1.29 is 14.3 Å². The molecule has 0 aliphatic rings. The molecule has 94 valence electrons. The van der Waals surface area contributed by atoms with E-state index < -0.39 is 0 Å². The number of carbonyl (C=O) groups is 1. The van der Waals surface area contributed by atoms with E-state index in [1.807, 2.05) is 13.0 Å². The van der Waals surface area contributed by atoms with Gasteiger partial charge >= 0.3 is 6.09 Å². The van der Waals surface area contributed by atoms with E-state index in [0.717, 1.165) is 11.1 Å². The Hall–Kier alpha value is -1.42. The summed E-state index contributed by atoms with van der Waals surface area (Å²) in [5, 5.41) is 0.534. The molecule has 1 amide bonds. The zero-order valence-electron chi connectivity index (χ0n) is 10.4. The van der Waals surface area contributed by atoms with Gasteiger partial charge in [-0.1, -0.05) is 11.6 Å². The number of aryl methyl sites for hydroxylation is 1. The van der Waals surface area contributed by atoms with E-state index in [0.29, 0.717) is 17.3 Å². The van der Waals surface area contributed by atoms with Crippen molar-refractivity contribution in [3.63, 3.8) is 0 Å². The average Bonchev–Trinajstić information content (AvgIpc) is 2.32. The Morgan fingerprint density at radius 3 is 2.59 bits per heavy atom. The maximum absolute atomic E-state index is 11.3. The van der Waals surface area contributed by atoms with Crippen LogP contribution in [-0.4, -0.2) is 32.3 Å². The molecule has 0 aliphatic carbocycles. The van der Waals surface area contributed by atoms with Crippen molar-refractivity contribution >= 4 is 17.7 Å². The Labute approximate surface area is 106 Å². The first-order chi connectivity index (χ1) is 7.99. The molecule has 0 saturated carbocycles. The van der Waals surface area contributed by atoms with Gasteiger partial charge in [-0.25, -0.2) is 4.79 Å². The summed E-state index contributed by atoms with van der Waals surface area (Å²) >= 11 is 6.04. The molecule has 0 heterocycles. The number of nitrogens with zero attached hydrogens (tertiary/aromatic N) is 1. The lowest BCUT2D eigenvalue weighted by atomic mass is 10.1. The van der Waals surface area contributed by atoms with Gasteiger partial charge in [-0.15, -0.1) is 0 Å². The number of rotatable bonds is 3. The third-order valence-electron chi connectivity index (χ3n) is 2.50. The Kier molecular flexibility index (Phi) is 4.63. The highest BCUT2D eigenvalue weighted by Gasteiger charge is 2.12. The zero-order chi connectivity index (χ0) is 13.0. The van der Waals surface area contributed by atoms with Crippen molar-refractivity contribution in [1.29, 1.82) is 0 Å². The third kappa shape index (κ3) is 3.27. The molecule has 5 heteroatoms. The number of benzene rings is 1. The molecule has 0 radical (unpaired) electrons. The van der Waals surface area contributed by atoms with Gasteiger partial charge in [0, 0.05) is 13.6 Å². The Morgan fingerprint density at radius 2 is 2.06 bits per heavy atom. The molecule has 1 aromatic rings. The lowest BCUT2D eigenvalue weighted by molar-refractivity contribution is 0.131. The predicted molar refractivity (Wildman–Crippen MR) is 66.6 cm³/mol. The van der Waals surface area contributed by atoms with Crippen LogP contribution in [0.25, 0.3) is 0 Å². The molecule has 0 unspecified atom stereocenters. The van der Waals surface area contributed by atoms with Gasteiger partial charge in [-0.3, -0.25) is 0 Å². The first kappa shape index (κ1) is 13.6. The molecule has 0 aromatic heterocycles. The topological polar surface area (TPSA) is 38.8 Å². The fourth-order valence-electron chi connectivity index (χ4n) is 1.50. The Bertz CT molecular complexity index is 420. The summed E-state index contributed by atoms with van der Waals surface area (Å²) in [5.41, 5.74) is 1.98. The molecule has 0 atom stereocenters. The van der Waals surface area contributed by atoms with Crippen molar-refractivity contribution in [3.05, 3.63) is 28.3 Å². The maximum Gasteiger partial charge on any atom is 0.409 e. The van der Waals surface area contributed by atoms with E-state index in [9.17, 15) is 4.79 Å². The standard InChI is InChI=1S/C12H16ClNO3/c1-8-5-11(16-3)10(13)6-9(8)7-14(2)12(15)17-4/h5-6H,7H2,1-4H3. The molecule has 0 N–H and O–H groups in total. The first-order valence-corrected chi connectivity index (χ1v) is 5.49. The number of ether oxygens (including phenoxy) is 2. The molecular formula is C12H16ClNO3. The van der Waals surface area contributed by atoms with E-state index in [1.165, 1.54) is 12.0 Å². The predicted octanol–water partition coefficient (Wildman–Crippen LogP) is 2.86. The van der Waals surface area contributed by atoms with Crippen LogP contribution in [0.15, 0.2) is 12.1 Å². The summed E-state index contributed by atoms with van der Waals surface area (Å²) in [6.45, 7) is 2.39. The summed E-state index contributed by atoms with van der Waals surface area (Å²) in [6.07, 6.45) is -0.378. The monoisotopic (exact) mass is 257 g/mol. The van der Waals surface area contributed by atoms with Crippen LogP contribution < -0.4 is 4.74 Å². The van der Waals surface area contributed by atoms with Crippen molar-refractivity contribution in [1.82, 2.24) is 4.90 Å². The smallest absolute Gasteiger partial charge is 0.409 e. The molecule has 0 spiro atoms. The number of methoxy groups -OCH3 is 2. The number of amides is 1. The second kappa shape index (κ2) is 5.77. The number of halogens is 1. The molecule has 4 nitrogen and oxygen atoms in total. The number of hydrogen-bond acceptors (Lipinski definition) is 3. The summed E-state index contributed by atoms with van der Waals surface area (Å²) in [5.74, 6) is 0.633. The Morgan fingerprint density at radius 1 is 1.41 bits per heavy atom. The van der Waals surface area contributed by atoms with Crippen LogP contribution in [0.4, 0.5) is 4.79 Å². The molecule has 0 fully saturated rings. The van der Waals surface area contributed by atoms with Gasteiger partial charge in [0.25, 0.3) is 0 Å². The van der Waals surface area contributed by atoms with Crippen molar-refractivity contribution in [2.24, 2.45) is 0 Å². The number of carbonyl (C=O) groups excluding carboxylic acids is 1. The quantitative estimate of drug-likeness (QED) is 0.836. The van der Waals surface area contributed by atoms with Crippen LogP contribution in [-0.2, 0) is 11.3 Å². The van der Waals surface area contributed by atoms with Gasteiger partial charge in [0.2, 0.25) is 0 Å². The summed E-state index contributed by atoms with van der Waals surface area (Å²) in [7, 11) is 4.59. The highest BCUT2D eigenvalue weighted by Crippen LogP contribution is 2.28.